The Labute approximate surface area is 157 Å². The summed E-state index contributed by atoms with van der Waals surface area (Å²) in [5, 5.41) is 16.7. The molecule has 0 saturated heterocycles. The Morgan fingerprint density at radius 1 is 1.30 bits per heavy atom. The summed E-state index contributed by atoms with van der Waals surface area (Å²) in [6, 6.07) is 12.1. The van der Waals surface area contributed by atoms with Gasteiger partial charge in [-0.05, 0) is 42.2 Å². The second-order valence-electron chi connectivity index (χ2n) is 6.55. The van der Waals surface area contributed by atoms with Crippen LogP contribution in [-0.2, 0) is 11.8 Å². The number of hydrogen-bond acceptors (Lipinski definition) is 3. The van der Waals surface area contributed by atoms with Crippen LogP contribution in [0.3, 0.4) is 0 Å². The molecule has 3 rings (SSSR count). The van der Waals surface area contributed by atoms with E-state index >= 15 is 0 Å². The molecule has 1 atom stereocenters. The van der Waals surface area contributed by atoms with Gasteiger partial charge in [0.25, 0.3) is 0 Å². The highest BCUT2D eigenvalue weighted by atomic mass is 19.1. The van der Waals surface area contributed by atoms with Crippen molar-refractivity contribution in [2.45, 2.75) is 25.7 Å². The molecule has 5 nitrogen and oxygen atoms in total. The highest BCUT2D eigenvalue weighted by Gasteiger charge is 2.16. The third kappa shape index (κ3) is 4.53. The van der Waals surface area contributed by atoms with Crippen molar-refractivity contribution in [2.24, 2.45) is 7.05 Å². The fourth-order valence-electron chi connectivity index (χ4n) is 3.16. The fourth-order valence-corrected chi connectivity index (χ4v) is 3.16. The van der Waals surface area contributed by atoms with Gasteiger partial charge in [0.1, 0.15) is 5.82 Å². The van der Waals surface area contributed by atoms with Crippen LogP contribution in [0, 0.1) is 5.82 Å². The maximum absolute atomic E-state index is 13.6. The number of aromatic nitrogens is 2. The Hall–Kier alpha value is -3.15. The van der Waals surface area contributed by atoms with E-state index in [1.165, 1.54) is 12.1 Å². The lowest BCUT2D eigenvalue weighted by molar-refractivity contribution is -0.137. The number of nitrogens with zero attached hydrogens (tertiary/aromatic N) is 2. The number of carboxylic acid groups (broad SMARTS) is 1. The molecule has 0 saturated carbocycles. The number of anilines is 2. The fraction of sp³-hybridized carbons (Fsp3) is 0.238. The van der Waals surface area contributed by atoms with E-state index in [1.54, 1.807) is 23.0 Å². The topological polar surface area (TPSA) is 67.1 Å². The average Bonchev–Trinajstić information content (AvgIpc) is 3.05. The molecule has 3 aromatic rings. The van der Waals surface area contributed by atoms with Crippen molar-refractivity contribution in [3.63, 3.8) is 0 Å². The summed E-state index contributed by atoms with van der Waals surface area (Å²) < 4.78 is 15.3. The number of benzene rings is 2. The standard InChI is InChI=1S/C21H22FN3O2/c1-3-14(10-21(26)27)15-7-8-19(16-12-23-25(2)13-16)20(9-15)24-18-6-4-5-17(22)11-18/h4-9,11-14,24H,3,10H2,1-2H3,(H,26,27)/t14-/m1/s1. The lowest BCUT2D eigenvalue weighted by Crippen LogP contribution is -2.06. The molecule has 6 heteroatoms. The SMILES string of the molecule is CC[C@H](CC(=O)O)c1ccc(-c2cnn(C)c2)c(Nc2cccc(F)c2)c1. The van der Waals surface area contributed by atoms with Gasteiger partial charge in [0, 0.05) is 35.7 Å². The van der Waals surface area contributed by atoms with Crippen LogP contribution < -0.4 is 5.32 Å². The summed E-state index contributed by atoms with van der Waals surface area (Å²) in [5.74, 6) is -1.23. The summed E-state index contributed by atoms with van der Waals surface area (Å²) in [6.07, 6.45) is 4.46. The first-order valence-corrected chi connectivity index (χ1v) is 8.83. The zero-order valence-electron chi connectivity index (χ0n) is 15.3. The molecule has 0 aliphatic heterocycles. The van der Waals surface area contributed by atoms with E-state index in [2.05, 4.69) is 10.4 Å². The third-order valence-corrected chi connectivity index (χ3v) is 4.55. The minimum Gasteiger partial charge on any atom is -0.481 e. The van der Waals surface area contributed by atoms with Crippen LogP contribution in [0.4, 0.5) is 15.8 Å². The van der Waals surface area contributed by atoms with Gasteiger partial charge in [0.15, 0.2) is 0 Å². The Balaban J connectivity index is 2.04. The first-order valence-electron chi connectivity index (χ1n) is 8.83. The third-order valence-electron chi connectivity index (χ3n) is 4.55. The van der Waals surface area contributed by atoms with Gasteiger partial charge in [-0.2, -0.15) is 5.10 Å². The minimum absolute atomic E-state index is 0.0716. The van der Waals surface area contributed by atoms with Crippen molar-refractivity contribution in [2.75, 3.05) is 5.32 Å². The predicted molar refractivity (Wildman–Crippen MR) is 104 cm³/mol. The molecule has 0 radical (unpaired) electrons. The second kappa shape index (κ2) is 8.03. The Morgan fingerprint density at radius 3 is 2.74 bits per heavy atom. The molecule has 1 aromatic heterocycles. The lowest BCUT2D eigenvalue weighted by Gasteiger charge is -2.18. The molecule has 0 bridgehead atoms. The quantitative estimate of drug-likeness (QED) is 0.621. The van der Waals surface area contributed by atoms with Crippen molar-refractivity contribution in [3.05, 3.63) is 66.2 Å². The molecule has 0 unspecified atom stereocenters. The smallest absolute Gasteiger partial charge is 0.303 e. The van der Waals surface area contributed by atoms with E-state index in [0.717, 1.165) is 28.8 Å². The highest BCUT2D eigenvalue weighted by molar-refractivity contribution is 5.81. The first kappa shape index (κ1) is 18.6. The second-order valence-corrected chi connectivity index (χ2v) is 6.55. The molecule has 0 aliphatic carbocycles. The van der Waals surface area contributed by atoms with Crippen LogP contribution in [-0.4, -0.2) is 20.9 Å². The predicted octanol–water partition coefficient (Wildman–Crippen LogP) is 4.94. The molecule has 27 heavy (non-hydrogen) atoms. The largest absolute Gasteiger partial charge is 0.481 e. The van der Waals surface area contributed by atoms with Gasteiger partial charge in [-0.15, -0.1) is 0 Å². The molecule has 0 fully saturated rings. The molecule has 140 valence electrons. The Morgan fingerprint density at radius 2 is 2.11 bits per heavy atom. The summed E-state index contributed by atoms with van der Waals surface area (Å²) in [5.41, 5.74) is 4.19. The zero-order valence-corrected chi connectivity index (χ0v) is 15.3. The van der Waals surface area contributed by atoms with Gasteiger partial charge >= 0.3 is 5.97 Å². The number of aliphatic carboxylic acids is 1. The molecule has 2 aromatic carbocycles. The number of rotatable bonds is 7. The van der Waals surface area contributed by atoms with Crippen LogP contribution >= 0.6 is 0 Å². The van der Waals surface area contributed by atoms with Crippen LogP contribution in [0.5, 0.6) is 0 Å². The summed E-state index contributed by atoms with van der Waals surface area (Å²) in [4.78, 5) is 11.2. The average molecular weight is 367 g/mol. The number of halogens is 1. The number of aryl methyl sites for hydroxylation is 1. The van der Waals surface area contributed by atoms with Crippen molar-refractivity contribution < 1.29 is 14.3 Å². The van der Waals surface area contributed by atoms with Gasteiger partial charge in [0.05, 0.1) is 12.6 Å². The van der Waals surface area contributed by atoms with Crippen molar-refractivity contribution >= 4 is 17.3 Å². The normalized spacial score (nSPS) is 12.0. The zero-order chi connectivity index (χ0) is 19.4. The van der Waals surface area contributed by atoms with Crippen LogP contribution in [0.25, 0.3) is 11.1 Å². The number of hydrogen-bond donors (Lipinski definition) is 2. The van der Waals surface area contributed by atoms with E-state index in [9.17, 15) is 14.3 Å². The molecule has 0 spiro atoms. The maximum atomic E-state index is 13.6. The van der Waals surface area contributed by atoms with Gasteiger partial charge in [-0.25, -0.2) is 4.39 Å². The first-order chi connectivity index (χ1) is 13.0. The molecule has 0 aliphatic rings. The maximum Gasteiger partial charge on any atom is 0.303 e. The Bertz CT molecular complexity index is 952. The van der Waals surface area contributed by atoms with Gasteiger partial charge in [0.2, 0.25) is 0 Å². The van der Waals surface area contributed by atoms with E-state index in [0.29, 0.717) is 5.69 Å². The monoisotopic (exact) mass is 367 g/mol. The van der Waals surface area contributed by atoms with E-state index in [-0.39, 0.29) is 18.2 Å². The van der Waals surface area contributed by atoms with Crippen LogP contribution in [0.15, 0.2) is 54.9 Å². The molecular weight excluding hydrogens is 345 g/mol. The number of nitrogens with one attached hydrogen (secondary N) is 1. The van der Waals surface area contributed by atoms with Gasteiger partial charge in [-0.3, -0.25) is 9.48 Å². The van der Waals surface area contributed by atoms with Crippen molar-refractivity contribution in [1.82, 2.24) is 9.78 Å². The van der Waals surface area contributed by atoms with Gasteiger partial charge < -0.3 is 10.4 Å². The van der Waals surface area contributed by atoms with E-state index in [4.69, 9.17) is 0 Å². The highest BCUT2D eigenvalue weighted by Crippen LogP contribution is 2.35. The van der Waals surface area contributed by atoms with Crippen LogP contribution in [0.1, 0.15) is 31.2 Å². The summed E-state index contributed by atoms with van der Waals surface area (Å²) in [7, 11) is 1.84. The summed E-state index contributed by atoms with van der Waals surface area (Å²) in [6.45, 7) is 1.97. The lowest BCUT2D eigenvalue weighted by atomic mass is 9.91. The number of carbonyl (C=O) groups is 1. The van der Waals surface area contributed by atoms with E-state index in [1.807, 2.05) is 38.4 Å². The van der Waals surface area contributed by atoms with Gasteiger partial charge in [-0.1, -0.05) is 25.1 Å². The van der Waals surface area contributed by atoms with E-state index < -0.39 is 5.97 Å². The van der Waals surface area contributed by atoms with Crippen LogP contribution in [0.2, 0.25) is 0 Å². The van der Waals surface area contributed by atoms with Crippen molar-refractivity contribution in [1.29, 1.82) is 0 Å². The molecular formula is C21H22FN3O2. The molecule has 1 heterocycles. The Kier molecular flexibility index (Phi) is 5.54. The number of carboxylic acids is 1. The minimum atomic E-state index is -0.821. The molecule has 0 amide bonds. The molecule has 2 N–H and O–H groups in total. The summed E-state index contributed by atoms with van der Waals surface area (Å²) >= 11 is 0. The van der Waals surface area contributed by atoms with Crippen molar-refractivity contribution in [3.8, 4) is 11.1 Å².